The molecule has 14 heteroatoms. The Balaban J connectivity index is 1.86. The molecule has 0 fully saturated rings. The number of rotatable bonds is 4. The summed E-state index contributed by atoms with van der Waals surface area (Å²) < 4.78 is 10.4. The number of aliphatic hydroxyl groups excluding tert-OH is 2. The fourth-order valence-electron chi connectivity index (χ4n) is 1.87. The van der Waals surface area contributed by atoms with Crippen molar-refractivity contribution < 1.29 is 24.3 Å². The molecule has 4 aromatic heterocycles. The zero-order chi connectivity index (χ0) is 15.1. The maximum Gasteiger partial charge on any atom is 0.465 e. The van der Waals surface area contributed by atoms with Gasteiger partial charge < -0.3 is 10.2 Å². The average Bonchev–Trinajstić information content (AvgIpc) is 3.26. The first-order valence-corrected chi connectivity index (χ1v) is 5.91. The van der Waals surface area contributed by atoms with Gasteiger partial charge in [-0.2, -0.15) is 9.78 Å². The van der Waals surface area contributed by atoms with Crippen LogP contribution in [-0.2, 0) is 13.2 Å². The first kappa shape index (κ1) is 12.5. The minimum Gasteiger partial charge on any atom is -0.390 e. The molecule has 0 aliphatic rings. The van der Waals surface area contributed by atoms with Gasteiger partial charge in [0, 0.05) is 5.16 Å². The van der Waals surface area contributed by atoms with E-state index < -0.39 is 6.61 Å². The van der Waals surface area contributed by atoms with Crippen molar-refractivity contribution in [2.24, 2.45) is 0 Å². The fourth-order valence-corrected chi connectivity index (χ4v) is 1.87. The third kappa shape index (κ3) is 1.68. The second kappa shape index (κ2) is 4.64. The lowest BCUT2D eigenvalue weighted by Gasteiger charge is -1.98. The third-order valence-electron chi connectivity index (χ3n) is 2.88. The summed E-state index contributed by atoms with van der Waals surface area (Å²) in [6.45, 7) is -0.791. The Kier molecular flexibility index (Phi) is 2.63. The number of aliphatic hydroxyl groups is 2. The molecule has 22 heavy (non-hydrogen) atoms. The predicted molar refractivity (Wildman–Crippen MR) is 60.1 cm³/mol. The smallest absolute Gasteiger partial charge is 0.390 e. The lowest BCUT2D eigenvalue weighted by atomic mass is 10.3. The van der Waals surface area contributed by atoms with Gasteiger partial charge in [0.1, 0.15) is 5.69 Å². The molecule has 112 valence electrons. The SMILES string of the molecule is OCc1nnn(-c2nonc2-[n+]2nc3nonc3[nH]2)c1CO. The van der Waals surface area contributed by atoms with Crippen molar-refractivity contribution in [1.82, 2.24) is 45.8 Å². The molecule has 0 aliphatic carbocycles. The summed E-state index contributed by atoms with van der Waals surface area (Å²) in [5.41, 5.74) is 0.982. The second-order valence-electron chi connectivity index (χ2n) is 4.08. The highest BCUT2D eigenvalue weighted by atomic mass is 16.6. The molecule has 14 nitrogen and oxygen atoms in total. The normalized spacial score (nSPS) is 11.5. The maximum absolute atomic E-state index is 9.41. The van der Waals surface area contributed by atoms with Crippen molar-refractivity contribution in [3.05, 3.63) is 11.4 Å². The third-order valence-corrected chi connectivity index (χ3v) is 2.88. The van der Waals surface area contributed by atoms with Crippen molar-refractivity contribution >= 4 is 11.3 Å². The summed E-state index contributed by atoms with van der Waals surface area (Å²) in [7, 11) is 0. The fraction of sp³-hybridized carbons (Fsp3) is 0.250. The maximum atomic E-state index is 9.41. The van der Waals surface area contributed by atoms with E-state index in [1.807, 2.05) is 0 Å². The van der Waals surface area contributed by atoms with Gasteiger partial charge in [0.25, 0.3) is 11.3 Å². The van der Waals surface area contributed by atoms with E-state index in [1.165, 1.54) is 9.48 Å². The van der Waals surface area contributed by atoms with Crippen LogP contribution in [0.1, 0.15) is 11.4 Å². The van der Waals surface area contributed by atoms with Crippen LogP contribution in [0.3, 0.4) is 0 Å². The number of H-pyrrole nitrogens is 1. The molecule has 3 N–H and O–H groups in total. The highest BCUT2D eigenvalue weighted by Crippen LogP contribution is 2.14. The Morgan fingerprint density at radius 3 is 2.73 bits per heavy atom. The lowest BCUT2D eigenvalue weighted by Crippen LogP contribution is -2.38. The van der Waals surface area contributed by atoms with Crippen LogP contribution in [0.4, 0.5) is 0 Å². The molecule has 0 saturated heterocycles. The monoisotopic (exact) mass is 307 g/mol. The van der Waals surface area contributed by atoms with E-state index in [9.17, 15) is 10.2 Å². The van der Waals surface area contributed by atoms with Crippen molar-refractivity contribution in [2.45, 2.75) is 13.2 Å². The zero-order valence-corrected chi connectivity index (χ0v) is 10.7. The summed E-state index contributed by atoms with van der Waals surface area (Å²) in [5, 5.41) is 47.5. The van der Waals surface area contributed by atoms with Crippen molar-refractivity contribution in [1.29, 1.82) is 0 Å². The van der Waals surface area contributed by atoms with Gasteiger partial charge in [-0.3, -0.25) is 0 Å². The topological polar surface area (TPSA) is 182 Å². The Bertz CT molecular complexity index is 905. The highest BCUT2D eigenvalue weighted by molar-refractivity contribution is 5.60. The van der Waals surface area contributed by atoms with Crippen LogP contribution in [0.5, 0.6) is 0 Å². The molecule has 0 radical (unpaired) electrons. The summed E-state index contributed by atoms with van der Waals surface area (Å²) in [6, 6.07) is 0. The van der Waals surface area contributed by atoms with Crippen molar-refractivity contribution in [3.63, 3.8) is 0 Å². The number of nitrogens with zero attached hydrogens (tertiary/aromatic N) is 9. The molecule has 0 atom stereocenters. The summed E-state index contributed by atoms with van der Waals surface area (Å²) in [5.74, 6) is 0.235. The van der Waals surface area contributed by atoms with Crippen LogP contribution < -0.4 is 4.80 Å². The van der Waals surface area contributed by atoms with Crippen LogP contribution in [0.15, 0.2) is 9.26 Å². The number of aromatic nitrogens is 10. The Morgan fingerprint density at radius 1 is 1.09 bits per heavy atom. The van der Waals surface area contributed by atoms with Gasteiger partial charge in [0.15, 0.2) is 5.16 Å². The van der Waals surface area contributed by atoms with Gasteiger partial charge in [0.2, 0.25) is 0 Å². The summed E-state index contributed by atoms with van der Waals surface area (Å²) in [6.07, 6.45) is 0. The molecule has 0 aromatic carbocycles. The van der Waals surface area contributed by atoms with Gasteiger partial charge in [-0.1, -0.05) is 5.21 Å². The molecule has 0 aliphatic heterocycles. The van der Waals surface area contributed by atoms with E-state index in [0.717, 1.165) is 0 Å². The number of aromatic amines is 1. The first-order valence-electron chi connectivity index (χ1n) is 5.91. The van der Waals surface area contributed by atoms with E-state index in [2.05, 4.69) is 45.8 Å². The van der Waals surface area contributed by atoms with Gasteiger partial charge in [0.05, 0.1) is 18.9 Å². The number of fused-ring (bicyclic) bond motifs is 1. The van der Waals surface area contributed by atoms with Crippen LogP contribution in [0, 0.1) is 0 Å². The van der Waals surface area contributed by atoms with Crippen LogP contribution >= 0.6 is 0 Å². The Hall–Kier alpha value is -3.26. The number of hydrogen-bond acceptors (Lipinski definition) is 11. The molecule has 4 heterocycles. The van der Waals surface area contributed by atoms with Crippen LogP contribution in [-0.4, -0.2) is 56.0 Å². The van der Waals surface area contributed by atoms with E-state index in [-0.39, 0.29) is 35.3 Å². The van der Waals surface area contributed by atoms with E-state index in [0.29, 0.717) is 5.65 Å². The van der Waals surface area contributed by atoms with Gasteiger partial charge in [-0.15, -0.1) is 9.73 Å². The summed E-state index contributed by atoms with van der Waals surface area (Å²) in [4.78, 5) is 1.20. The Labute approximate surface area is 118 Å². The molecular formula is C8H7N10O4+. The van der Waals surface area contributed by atoms with E-state index >= 15 is 0 Å². The molecule has 0 unspecified atom stereocenters. The molecule has 0 saturated carbocycles. The van der Waals surface area contributed by atoms with E-state index in [4.69, 9.17) is 4.63 Å². The average molecular weight is 307 g/mol. The predicted octanol–water partition coefficient (Wildman–Crippen LogP) is -2.83. The van der Waals surface area contributed by atoms with Crippen LogP contribution in [0.2, 0.25) is 0 Å². The summed E-state index contributed by atoms with van der Waals surface area (Å²) >= 11 is 0. The van der Waals surface area contributed by atoms with E-state index in [1.54, 1.807) is 0 Å². The highest BCUT2D eigenvalue weighted by Gasteiger charge is 2.31. The van der Waals surface area contributed by atoms with Gasteiger partial charge in [-0.05, 0) is 20.2 Å². The van der Waals surface area contributed by atoms with Gasteiger partial charge in [-0.25, -0.2) is 4.63 Å². The molecular weight excluding hydrogens is 300 g/mol. The minimum atomic E-state index is -0.410. The largest absolute Gasteiger partial charge is 0.465 e. The molecule has 0 bridgehead atoms. The molecule has 0 spiro atoms. The lowest BCUT2D eigenvalue weighted by molar-refractivity contribution is -0.714. The molecule has 0 amide bonds. The molecule has 4 rings (SSSR count). The van der Waals surface area contributed by atoms with Crippen LogP contribution in [0.25, 0.3) is 22.9 Å². The first-order chi connectivity index (χ1) is 10.8. The standard InChI is InChI=1S/C8H7N10O4/c19-1-3-4(2-20)17(16-9-3)7-8(15-22-14-7)18-10-5-6(11-18)13-21-12-5/h19-20H,1-2H2,(H,10,11,12,13)/q+1. The zero-order valence-electron chi connectivity index (χ0n) is 10.7. The second-order valence-corrected chi connectivity index (χ2v) is 4.08. The number of nitrogens with one attached hydrogen (secondary N) is 1. The Morgan fingerprint density at radius 2 is 1.95 bits per heavy atom. The van der Waals surface area contributed by atoms with Crippen molar-refractivity contribution in [2.75, 3.05) is 0 Å². The quantitative estimate of drug-likeness (QED) is 0.330. The minimum absolute atomic E-state index is 0.106. The van der Waals surface area contributed by atoms with Gasteiger partial charge >= 0.3 is 11.6 Å². The van der Waals surface area contributed by atoms with Crippen molar-refractivity contribution in [3.8, 4) is 11.6 Å². The number of hydrogen-bond donors (Lipinski definition) is 3. The molecule has 4 aromatic rings.